The molecule has 6 nitrogen and oxygen atoms in total. The van der Waals surface area contributed by atoms with Crippen molar-refractivity contribution in [3.63, 3.8) is 0 Å². The fourth-order valence-electron chi connectivity index (χ4n) is 3.34. The van der Waals surface area contributed by atoms with Crippen molar-refractivity contribution in [1.82, 2.24) is 5.43 Å². The van der Waals surface area contributed by atoms with Gasteiger partial charge in [0, 0.05) is 10.0 Å². The molecular formula is C27H20Br2N2O4. The lowest BCUT2D eigenvalue weighted by Crippen LogP contribution is -2.24. The van der Waals surface area contributed by atoms with Gasteiger partial charge in [-0.2, -0.15) is 5.10 Å². The molecule has 0 aromatic heterocycles. The van der Waals surface area contributed by atoms with Crippen LogP contribution in [0.15, 0.2) is 92.9 Å². The predicted octanol–water partition coefficient (Wildman–Crippen LogP) is 6.42. The van der Waals surface area contributed by atoms with E-state index >= 15 is 0 Å². The number of ether oxygens (including phenoxy) is 2. The fraction of sp³-hybridized carbons (Fsp3) is 0.0741. The number of hydrazone groups is 1. The summed E-state index contributed by atoms with van der Waals surface area (Å²) in [4.78, 5) is 24.9. The number of carbonyl (C=O) groups is 2. The average Bonchev–Trinajstić information content (AvgIpc) is 2.85. The van der Waals surface area contributed by atoms with E-state index in [-0.39, 0.29) is 6.61 Å². The summed E-state index contributed by atoms with van der Waals surface area (Å²) in [5, 5.41) is 6.05. The van der Waals surface area contributed by atoms with E-state index in [4.69, 9.17) is 9.47 Å². The normalized spacial score (nSPS) is 10.9. The smallest absolute Gasteiger partial charge is 0.343 e. The first kappa shape index (κ1) is 24.6. The van der Waals surface area contributed by atoms with E-state index in [0.29, 0.717) is 22.6 Å². The summed E-state index contributed by atoms with van der Waals surface area (Å²) in [6.07, 6.45) is 1.41. The molecule has 4 aromatic carbocycles. The highest BCUT2D eigenvalue weighted by Crippen LogP contribution is 2.33. The molecule has 4 rings (SSSR count). The highest BCUT2D eigenvalue weighted by Gasteiger charge is 2.14. The van der Waals surface area contributed by atoms with Crippen LogP contribution in [0.5, 0.6) is 11.5 Å². The zero-order chi connectivity index (χ0) is 24.8. The zero-order valence-corrected chi connectivity index (χ0v) is 21.8. The summed E-state index contributed by atoms with van der Waals surface area (Å²) < 4.78 is 12.8. The van der Waals surface area contributed by atoms with E-state index in [0.717, 1.165) is 25.3 Å². The molecule has 0 radical (unpaired) electrons. The van der Waals surface area contributed by atoms with Crippen molar-refractivity contribution >= 4 is 60.7 Å². The summed E-state index contributed by atoms with van der Waals surface area (Å²) in [5.41, 5.74) is 4.24. The summed E-state index contributed by atoms with van der Waals surface area (Å²) in [7, 11) is 0. The van der Waals surface area contributed by atoms with Crippen LogP contribution in [0.2, 0.25) is 0 Å². The van der Waals surface area contributed by atoms with Gasteiger partial charge in [0.05, 0.1) is 16.3 Å². The number of nitrogens with one attached hydrogen (secondary N) is 1. The summed E-state index contributed by atoms with van der Waals surface area (Å²) in [6.45, 7) is 1.62. The molecule has 0 bridgehead atoms. The van der Waals surface area contributed by atoms with Crippen LogP contribution in [0.4, 0.5) is 0 Å². The minimum atomic E-state index is -0.474. The lowest BCUT2D eigenvalue weighted by atomic mass is 10.1. The number of halogens is 2. The largest absolute Gasteiger partial charge is 0.483 e. The van der Waals surface area contributed by atoms with Crippen molar-refractivity contribution in [3.05, 3.63) is 104 Å². The Labute approximate surface area is 219 Å². The Morgan fingerprint density at radius 1 is 0.943 bits per heavy atom. The van der Waals surface area contributed by atoms with Gasteiger partial charge < -0.3 is 9.47 Å². The molecule has 0 aliphatic rings. The van der Waals surface area contributed by atoms with Crippen LogP contribution in [0.25, 0.3) is 10.8 Å². The molecule has 0 atom stereocenters. The number of rotatable bonds is 7. The molecule has 4 aromatic rings. The van der Waals surface area contributed by atoms with Gasteiger partial charge in [0.15, 0.2) is 6.61 Å². The predicted molar refractivity (Wildman–Crippen MR) is 143 cm³/mol. The molecular weight excluding hydrogens is 576 g/mol. The summed E-state index contributed by atoms with van der Waals surface area (Å²) in [6, 6.07) is 23.9. The van der Waals surface area contributed by atoms with Gasteiger partial charge in [0.25, 0.3) is 5.91 Å². The first-order chi connectivity index (χ1) is 16.9. The topological polar surface area (TPSA) is 77.0 Å². The van der Waals surface area contributed by atoms with Gasteiger partial charge in [-0.05, 0) is 69.5 Å². The molecule has 0 aliphatic carbocycles. The third kappa shape index (κ3) is 6.15. The molecule has 0 fully saturated rings. The van der Waals surface area contributed by atoms with Crippen LogP contribution < -0.4 is 14.9 Å². The van der Waals surface area contributed by atoms with Crippen LogP contribution in [-0.4, -0.2) is 24.7 Å². The Balaban J connectivity index is 1.40. The van der Waals surface area contributed by atoms with Crippen molar-refractivity contribution in [2.24, 2.45) is 5.10 Å². The number of fused-ring (bicyclic) bond motifs is 1. The van der Waals surface area contributed by atoms with Crippen molar-refractivity contribution < 1.29 is 19.1 Å². The SMILES string of the molecule is Cc1ccccc1C(=O)Oc1ccc(Br)cc1/C=N/NC(=O)COc1ccc2ccccc2c1Br. The lowest BCUT2D eigenvalue weighted by molar-refractivity contribution is -0.123. The van der Waals surface area contributed by atoms with Crippen molar-refractivity contribution in [1.29, 1.82) is 0 Å². The van der Waals surface area contributed by atoms with Crippen LogP contribution >= 0.6 is 31.9 Å². The van der Waals surface area contributed by atoms with Crippen molar-refractivity contribution in [2.45, 2.75) is 6.92 Å². The van der Waals surface area contributed by atoms with Gasteiger partial charge in [0.1, 0.15) is 11.5 Å². The molecule has 1 amide bonds. The Morgan fingerprint density at radius 2 is 1.69 bits per heavy atom. The van der Waals surface area contributed by atoms with Gasteiger partial charge >= 0.3 is 5.97 Å². The van der Waals surface area contributed by atoms with Crippen LogP contribution in [0.3, 0.4) is 0 Å². The third-order valence-corrected chi connectivity index (χ3v) is 6.43. The Bertz CT molecular complexity index is 1440. The second kappa shape index (κ2) is 11.3. The second-order valence-corrected chi connectivity index (χ2v) is 9.28. The highest BCUT2D eigenvalue weighted by molar-refractivity contribution is 9.11. The standard InChI is InChI=1S/C27H20Br2N2O4/c1-17-6-2-4-8-21(17)27(33)35-23-13-11-20(28)14-19(23)15-30-31-25(32)16-34-24-12-10-18-7-3-5-9-22(18)26(24)29/h2-15H,16H2,1H3,(H,31,32)/b30-15+. The second-order valence-electron chi connectivity index (χ2n) is 7.57. The number of esters is 1. The van der Waals surface area contributed by atoms with Gasteiger partial charge in [-0.1, -0.05) is 64.5 Å². The maximum absolute atomic E-state index is 12.6. The molecule has 8 heteroatoms. The number of carbonyl (C=O) groups excluding carboxylic acids is 2. The lowest BCUT2D eigenvalue weighted by Gasteiger charge is -2.10. The minimum absolute atomic E-state index is 0.220. The maximum atomic E-state index is 12.6. The molecule has 0 saturated heterocycles. The highest BCUT2D eigenvalue weighted by atomic mass is 79.9. The molecule has 1 N–H and O–H groups in total. The van der Waals surface area contributed by atoms with E-state index in [2.05, 4.69) is 42.4 Å². The number of hydrogen-bond acceptors (Lipinski definition) is 5. The molecule has 176 valence electrons. The molecule has 0 heterocycles. The third-order valence-electron chi connectivity index (χ3n) is 5.12. The van der Waals surface area contributed by atoms with E-state index in [9.17, 15) is 9.59 Å². The first-order valence-corrected chi connectivity index (χ1v) is 12.2. The number of nitrogens with zero attached hydrogens (tertiary/aromatic N) is 1. The van der Waals surface area contributed by atoms with E-state index in [1.54, 1.807) is 36.4 Å². The molecule has 0 saturated carbocycles. The number of amides is 1. The number of hydrogen-bond donors (Lipinski definition) is 1. The quantitative estimate of drug-likeness (QED) is 0.116. The zero-order valence-electron chi connectivity index (χ0n) is 18.6. The monoisotopic (exact) mass is 594 g/mol. The van der Waals surface area contributed by atoms with E-state index in [1.807, 2.05) is 49.4 Å². The summed E-state index contributed by atoms with van der Waals surface area (Å²) >= 11 is 6.94. The minimum Gasteiger partial charge on any atom is -0.483 e. The summed E-state index contributed by atoms with van der Waals surface area (Å²) in [5.74, 6) is -0.0377. The van der Waals surface area contributed by atoms with Gasteiger partial charge in [-0.25, -0.2) is 10.2 Å². The number of aryl methyl sites for hydroxylation is 1. The van der Waals surface area contributed by atoms with Crippen LogP contribution in [0.1, 0.15) is 21.5 Å². The van der Waals surface area contributed by atoms with Crippen LogP contribution in [-0.2, 0) is 4.79 Å². The molecule has 0 unspecified atom stereocenters. The van der Waals surface area contributed by atoms with Gasteiger partial charge in [-0.15, -0.1) is 0 Å². The van der Waals surface area contributed by atoms with Crippen molar-refractivity contribution in [2.75, 3.05) is 6.61 Å². The molecule has 0 spiro atoms. The Hall–Kier alpha value is -3.49. The van der Waals surface area contributed by atoms with Gasteiger partial charge in [-0.3, -0.25) is 4.79 Å². The Morgan fingerprint density at radius 3 is 2.51 bits per heavy atom. The van der Waals surface area contributed by atoms with Crippen LogP contribution in [0, 0.1) is 6.92 Å². The fourth-order valence-corrected chi connectivity index (χ4v) is 4.33. The average molecular weight is 596 g/mol. The maximum Gasteiger partial charge on any atom is 0.343 e. The van der Waals surface area contributed by atoms with E-state index < -0.39 is 11.9 Å². The van der Waals surface area contributed by atoms with E-state index in [1.165, 1.54) is 6.21 Å². The van der Waals surface area contributed by atoms with Gasteiger partial charge in [0.2, 0.25) is 0 Å². The molecule has 35 heavy (non-hydrogen) atoms. The Kier molecular flexibility index (Phi) is 7.94. The molecule has 0 aliphatic heterocycles. The number of benzene rings is 4. The first-order valence-electron chi connectivity index (χ1n) is 10.6. The van der Waals surface area contributed by atoms with Crippen molar-refractivity contribution in [3.8, 4) is 11.5 Å².